The fourth-order valence-corrected chi connectivity index (χ4v) is 3.78. The predicted octanol–water partition coefficient (Wildman–Crippen LogP) is 0.440. The maximum Gasteiger partial charge on any atom is 0.0363 e. The Morgan fingerprint density at radius 1 is 1.40 bits per heavy atom. The summed E-state index contributed by atoms with van der Waals surface area (Å²) in [6.07, 6.45) is 2.57. The second kappa shape index (κ2) is 4.93. The first-order valence-electron chi connectivity index (χ1n) is 6.02. The van der Waals surface area contributed by atoms with Gasteiger partial charge in [-0.15, -0.1) is 0 Å². The molecule has 15 heavy (non-hydrogen) atoms. The van der Waals surface area contributed by atoms with Crippen LogP contribution in [0.3, 0.4) is 0 Å². The Hall–Kier alpha value is 0.0700. The van der Waals surface area contributed by atoms with Gasteiger partial charge in [0.2, 0.25) is 0 Å². The van der Waals surface area contributed by atoms with Crippen LogP contribution in [0.15, 0.2) is 0 Å². The molecule has 1 unspecified atom stereocenters. The van der Waals surface area contributed by atoms with E-state index < -0.39 is 10.8 Å². The fraction of sp³-hybridized carbons (Fsp3) is 1.00. The summed E-state index contributed by atoms with van der Waals surface area (Å²) in [4.78, 5) is 2.51. The van der Waals surface area contributed by atoms with Crippen LogP contribution in [0.1, 0.15) is 19.8 Å². The SMILES string of the molecule is CCC1(CN2CCS(=O)CC2)CCNC1. The highest BCUT2D eigenvalue weighted by Gasteiger charge is 2.34. The molecule has 4 heteroatoms. The summed E-state index contributed by atoms with van der Waals surface area (Å²) in [6, 6.07) is 0. The molecule has 2 rings (SSSR count). The van der Waals surface area contributed by atoms with Gasteiger partial charge >= 0.3 is 0 Å². The molecule has 3 nitrogen and oxygen atoms in total. The Balaban J connectivity index is 1.87. The predicted molar refractivity (Wildman–Crippen MR) is 64.5 cm³/mol. The van der Waals surface area contributed by atoms with Crippen molar-refractivity contribution in [3.8, 4) is 0 Å². The van der Waals surface area contributed by atoms with Crippen molar-refractivity contribution in [2.24, 2.45) is 5.41 Å². The van der Waals surface area contributed by atoms with Crippen molar-refractivity contribution in [1.82, 2.24) is 10.2 Å². The first-order chi connectivity index (χ1) is 7.24. The van der Waals surface area contributed by atoms with Crippen LogP contribution < -0.4 is 5.32 Å². The van der Waals surface area contributed by atoms with Crippen LogP contribution in [-0.4, -0.2) is 53.3 Å². The van der Waals surface area contributed by atoms with Gasteiger partial charge in [0, 0.05) is 48.5 Å². The van der Waals surface area contributed by atoms with E-state index in [1.807, 2.05) is 0 Å². The van der Waals surface area contributed by atoms with Crippen molar-refractivity contribution < 1.29 is 4.21 Å². The Labute approximate surface area is 95.1 Å². The summed E-state index contributed by atoms with van der Waals surface area (Å²) in [5.74, 6) is 1.76. The van der Waals surface area contributed by atoms with Gasteiger partial charge in [-0.2, -0.15) is 0 Å². The van der Waals surface area contributed by atoms with E-state index in [1.54, 1.807) is 0 Å². The minimum absolute atomic E-state index is 0.499. The number of rotatable bonds is 3. The summed E-state index contributed by atoms with van der Waals surface area (Å²) in [7, 11) is -0.537. The molecule has 1 N–H and O–H groups in total. The van der Waals surface area contributed by atoms with Crippen molar-refractivity contribution in [2.75, 3.05) is 44.2 Å². The number of hydrogen-bond acceptors (Lipinski definition) is 3. The van der Waals surface area contributed by atoms with Crippen molar-refractivity contribution in [1.29, 1.82) is 0 Å². The molecule has 0 aromatic rings. The molecule has 1 atom stereocenters. The molecule has 0 spiro atoms. The van der Waals surface area contributed by atoms with E-state index >= 15 is 0 Å². The highest BCUT2D eigenvalue weighted by molar-refractivity contribution is 7.85. The number of nitrogens with one attached hydrogen (secondary N) is 1. The fourth-order valence-electron chi connectivity index (χ4n) is 2.65. The lowest BCUT2D eigenvalue weighted by Gasteiger charge is -2.35. The van der Waals surface area contributed by atoms with E-state index in [9.17, 15) is 4.21 Å². The average molecular weight is 230 g/mol. The number of nitrogens with zero attached hydrogens (tertiary/aromatic N) is 1. The van der Waals surface area contributed by atoms with Gasteiger partial charge < -0.3 is 10.2 Å². The Kier molecular flexibility index (Phi) is 3.80. The molecule has 2 aliphatic heterocycles. The molecule has 0 bridgehead atoms. The average Bonchev–Trinajstić information content (AvgIpc) is 2.71. The summed E-state index contributed by atoms with van der Waals surface area (Å²) >= 11 is 0. The summed E-state index contributed by atoms with van der Waals surface area (Å²) in [6.45, 7) is 7.92. The van der Waals surface area contributed by atoms with Gasteiger partial charge in [-0.05, 0) is 24.8 Å². The summed E-state index contributed by atoms with van der Waals surface area (Å²) in [5, 5.41) is 3.48. The largest absolute Gasteiger partial charge is 0.316 e. The van der Waals surface area contributed by atoms with Gasteiger partial charge in [0.15, 0.2) is 0 Å². The quantitative estimate of drug-likeness (QED) is 0.763. The number of hydrogen-bond donors (Lipinski definition) is 1. The monoisotopic (exact) mass is 230 g/mol. The molecule has 0 aliphatic carbocycles. The molecule has 0 aromatic heterocycles. The zero-order valence-corrected chi connectivity index (χ0v) is 10.4. The van der Waals surface area contributed by atoms with Crippen LogP contribution in [-0.2, 0) is 10.8 Å². The molecule has 2 fully saturated rings. The van der Waals surface area contributed by atoms with E-state index in [-0.39, 0.29) is 0 Å². The lowest BCUT2D eigenvalue weighted by molar-refractivity contribution is 0.169. The summed E-state index contributed by atoms with van der Waals surface area (Å²) < 4.78 is 11.3. The van der Waals surface area contributed by atoms with E-state index in [4.69, 9.17) is 0 Å². The zero-order chi connectivity index (χ0) is 10.7. The lowest BCUT2D eigenvalue weighted by atomic mass is 9.83. The molecular formula is C11H22N2OS. The standard InChI is InChI=1S/C11H22N2OS/c1-2-11(3-4-12-9-11)10-13-5-7-15(14)8-6-13/h12H,2-10H2,1H3. The Bertz CT molecular complexity index is 229. The molecule has 0 aromatic carbocycles. The Morgan fingerprint density at radius 3 is 2.67 bits per heavy atom. The zero-order valence-electron chi connectivity index (χ0n) is 9.63. The first-order valence-corrected chi connectivity index (χ1v) is 7.51. The van der Waals surface area contributed by atoms with Crippen LogP contribution in [0.5, 0.6) is 0 Å². The third-order valence-electron chi connectivity index (χ3n) is 3.91. The highest BCUT2D eigenvalue weighted by atomic mass is 32.2. The molecule has 0 amide bonds. The van der Waals surface area contributed by atoms with Crippen molar-refractivity contribution in [3.05, 3.63) is 0 Å². The van der Waals surface area contributed by atoms with E-state index in [2.05, 4.69) is 17.1 Å². The molecule has 88 valence electrons. The molecule has 2 aliphatic rings. The third-order valence-corrected chi connectivity index (χ3v) is 5.19. The molecule has 0 saturated carbocycles. The van der Waals surface area contributed by atoms with Crippen molar-refractivity contribution >= 4 is 10.8 Å². The molecule has 0 radical (unpaired) electrons. The Morgan fingerprint density at radius 2 is 2.13 bits per heavy atom. The van der Waals surface area contributed by atoms with Crippen molar-refractivity contribution in [3.63, 3.8) is 0 Å². The normalized spacial score (nSPS) is 34.7. The van der Waals surface area contributed by atoms with Crippen LogP contribution in [0.4, 0.5) is 0 Å². The van der Waals surface area contributed by atoms with Gasteiger partial charge in [0.1, 0.15) is 0 Å². The van der Waals surface area contributed by atoms with Gasteiger partial charge in [-0.1, -0.05) is 6.92 Å². The van der Waals surface area contributed by atoms with Gasteiger partial charge in [0.05, 0.1) is 0 Å². The van der Waals surface area contributed by atoms with E-state index in [0.717, 1.165) is 24.6 Å². The molecular weight excluding hydrogens is 208 g/mol. The van der Waals surface area contributed by atoms with Crippen LogP contribution in [0.25, 0.3) is 0 Å². The van der Waals surface area contributed by atoms with Crippen LogP contribution >= 0.6 is 0 Å². The van der Waals surface area contributed by atoms with E-state index in [0.29, 0.717) is 5.41 Å². The minimum atomic E-state index is -0.537. The topological polar surface area (TPSA) is 32.3 Å². The lowest BCUT2D eigenvalue weighted by Crippen LogP contribution is -2.45. The minimum Gasteiger partial charge on any atom is -0.316 e. The second-order valence-corrected chi connectivity index (χ2v) is 6.60. The maximum absolute atomic E-state index is 11.3. The highest BCUT2D eigenvalue weighted by Crippen LogP contribution is 2.30. The molecule has 2 saturated heterocycles. The summed E-state index contributed by atoms with van der Waals surface area (Å²) in [5.41, 5.74) is 0.499. The van der Waals surface area contributed by atoms with Crippen LogP contribution in [0.2, 0.25) is 0 Å². The second-order valence-electron chi connectivity index (χ2n) is 4.90. The third kappa shape index (κ3) is 2.80. The van der Waals surface area contributed by atoms with Crippen LogP contribution in [0, 0.1) is 5.41 Å². The van der Waals surface area contributed by atoms with Gasteiger partial charge in [-0.25, -0.2) is 0 Å². The van der Waals surface area contributed by atoms with Gasteiger partial charge in [0.25, 0.3) is 0 Å². The maximum atomic E-state index is 11.3. The van der Waals surface area contributed by atoms with Crippen molar-refractivity contribution in [2.45, 2.75) is 19.8 Å². The van der Waals surface area contributed by atoms with Gasteiger partial charge in [-0.3, -0.25) is 4.21 Å². The first kappa shape index (κ1) is 11.6. The molecule has 2 heterocycles. The smallest absolute Gasteiger partial charge is 0.0363 e. The van der Waals surface area contributed by atoms with E-state index in [1.165, 1.54) is 32.5 Å².